The fraction of sp³-hybridized carbons (Fsp3) is 0.500. The molecule has 0 atom stereocenters. The Morgan fingerprint density at radius 3 is 2.77 bits per heavy atom. The van der Waals surface area contributed by atoms with Crippen LogP contribution in [0.15, 0.2) is 30.7 Å². The summed E-state index contributed by atoms with van der Waals surface area (Å²) in [6, 6.07) is 5.31. The third kappa shape index (κ3) is 4.25. The first-order chi connectivity index (χ1) is 12.7. The Morgan fingerprint density at radius 1 is 1.27 bits per heavy atom. The largest absolute Gasteiger partial charge is 0.349 e. The average Bonchev–Trinajstić information content (AvgIpc) is 3.14. The lowest BCUT2D eigenvalue weighted by atomic mass is 9.95. The number of hydrogen-bond acceptors (Lipinski definition) is 5. The van der Waals surface area contributed by atoms with Crippen molar-refractivity contribution in [3.8, 4) is 0 Å². The molecule has 2 aromatic rings. The van der Waals surface area contributed by atoms with Gasteiger partial charge >= 0.3 is 0 Å². The highest BCUT2D eigenvalue weighted by molar-refractivity contribution is 5.92. The molecule has 0 saturated carbocycles. The van der Waals surface area contributed by atoms with E-state index < -0.39 is 0 Å². The highest BCUT2D eigenvalue weighted by Gasteiger charge is 2.28. The standard InChI is InChI=1S/C18H24N6O2/c1-2-9-24-13-21-22-16(24)12-20-17(25)14-6-10-23(11-7-14)18(26)15-5-3-4-8-19-15/h3-5,8,13-14H,2,6-7,9-12H2,1H3,(H,20,25). The van der Waals surface area contributed by atoms with E-state index in [1.165, 1.54) is 0 Å². The van der Waals surface area contributed by atoms with E-state index >= 15 is 0 Å². The first-order valence-corrected chi connectivity index (χ1v) is 9.03. The Morgan fingerprint density at radius 2 is 2.08 bits per heavy atom. The molecular formula is C18H24N6O2. The number of aromatic nitrogens is 4. The minimum atomic E-state index is -0.0784. The van der Waals surface area contributed by atoms with E-state index in [2.05, 4.69) is 27.4 Å². The van der Waals surface area contributed by atoms with Crippen molar-refractivity contribution in [2.24, 2.45) is 5.92 Å². The number of rotatable bonds is 6. The minimum Gasteiger partial charge on any atom is -0.349 e. The number of amides is 2. The van der Waals surface area contributed by atoms with Crippen LogP contribution in [0.3, 0.4) is 0 Å². The number of hydrogen-bond donors (Lipinski definition) is 1. The van der Waals surface area contributed by atoms with Gasteiger partial charge in [0, 0.05) is 31.7 Å². The molecule has 8 nitrogen and oxygen atoms in total. The Bertz CT molecular complexity index is 737. The van der Waals surface area contributed by atoms with Gasteiger partial charge < -0.3 is 14.8 Å². The maximum atomic E-state index is 12.4. The monoisotopic (exact) mass is 356 g/mol. The van der Waals surface area contributed by atoms with E-state index in [0.29, 0.717) is 38.2 Å². The molecular weight excluding hydrogens is 332 g/mol. The van der Waals surface area contributed by atoms with Crippen molar-refractivity contribution < 1.29 is 9.59 Å². The Hall–Kier alpha value is -2.77. The van der Waals surface area contributed by atoms with Gasteiger partial charge in [-0.1, -0.05) is 13.0 Å². The van der Waals surface area contributed by atoms with E-state index in [4.69, 9.17) is 0 Å². The molecule has 26 heavy (non-hydrogen) atoms. The molecule has 0 spiro atoms. The SMILES string of the molecule is CCCn1cnnc1CNC(=O)C1CCN(C(=O)c2ccccn2)CC1. The van der Waals surface area contributed by atoms with Gasteiger partial charge in [-0.15, -0.1) is 10.2 Å². The molecule has 1 aliphatic rings. The van der Waals surface area contributed by atoms with Gasteiger partial charge in [-0.25, -0.2) is 0 Å². The molecule has 2 amide bonds. The smallest absolute Gasteiger partial charge is 0.272 e. The molecule has 1 N–H and O–H groups in total. The number of likely N-dealkylation sites (tertiary alicyclic amines) is 1. The lowest BCUT2D eigenvalue weighted by molar-refractivity contribution is -0.126. The second-order valence-electron chi connectivity index (χ2n) is 6.44. The van der Waals surface area contributed by atoms with Crippen molar-refractivity contribution in [1.82, 2.24) is 30.0 Å². The predicted octanol–water partition coefficient (Wildman–Crippen LogP) is 1.25. The second kappa shape index (κ2) is 8.55. The molecule has 0 aromatic carbocycles. The van der Waals surface area contributed by atoms with Crippen LogP contribution >= 0.6 is 0 Å². The Kier molecular flexibility index (Phi) is 5.93. The van der Waals surface area contributed by atoms with Gasteiger partial charge in [-0.2, -0.15) is 0 Å². The molecule has 0 unspecified atom stereocenters. The molecule has 0 aliphatic carbocycles. The third-order valence-corrected chi connectivity index (χ3v) is 4.62. The molecule has 1 aliphatic heterocycles. The molecule has 1 saturated heterocycles. The molecule has 1 fully saturated rings. The van der Waals surface area contributed by atoms with Crippen LogP contribution in [0.5, 0.6) is 0 Å². The van der Waals surface area contributed by atoms with E-state index in [9.17, 15) is 9.59 Å². The van der Waals surface area contributed by atoms with Gasteiger partial charge in [0.05, 0.1) is 6.54 Å². The van der Waals surface area contributed by atoms with Gasteiger partial charge in [0.25, 0.3) is 5.91 Å². The summed E-state index contributed by atoms with van der Waals surface area (Å²) in [5, 5.41) is 10.9. The summed E-state index contributed by atoms with van der Waals surface area (Å²) in [5.74, 6) is 0.631. The van der Waals surface area contributed by atoms with Gasteiger partial charge in [-0.05, 0) is 31.4 Å². The topological polar surface area (TPSA) is 93.0 Å². The van der Waals surface area contributed by atoms with Crippen LogP contribution in [0.25, 0.3) is 0 Å². The predicted molar refractivity (Wildman–Crippen MR) is 95.0 cm³/mol. The molecule has 3 rings (SSSR count). The van der Waals surface area contributed by atoms with Crippen molar-refractivity contribution in [2.45, 2.75) is 39.3 Å². The van der Waals surface area contributed by atoms with Crippen LogP contribution < -0.4 is 5.32 Å². The van der Waals surface area contributed by atoms with Gasteiger partial charge in [0.15, 0.2) is 5.82 Å². The van der Waals surface area contributed by atoms with E-state index in [1.807, 2.05) is 4.57 Å². The quantitative estimate of drug-likeness (QED) is 0.841. The number of piperidine rings is 1. The summed E-state index contributed by atoms with van der Waals surface area (Å²) < 4.78 is 1.95. The zero-order chi connectivity index (χ0) is 18.4. The number of carbonyl (C=O) groups is 2. The van der Waals surface area contributed by atoms with E-state index in [-0.39, 0.29) is 17.7 Å². The number of carbonyl (C=O) groups excluding carboxylic acids is 2. The highest BCUT2D eigenvalue weighted by atomic mass is 16.2. The normalized spacial score (nSPS) is 15.0. The van der Waals surface area contributed by atoms with Crippen molar-refractivity contribution >= 4 is 11.8 Å². The molecule has 2 aromatic heterocycles. The van der Waals surface area contributed by atoms with E-state index in [0.717, 1.165) is 18.8 Å². The summed E-state index contributed by atoms with van der Waals surface area (Å²) >= 11 is 0. The van der Waals surface area contributed by atoms with Crippen LogP contribution in [0.2, 0.25) is 0 Å². The average molecular weight is 356 g/mol. The summed E-state index contributed by atoms with van der Waals surface area (Å²) in [4.78, 5) is 30.7. The summed E-state index contributed by atoms with van der Waals surface area (Å²) in [7, 11) is 0. The number of nitrogens with zero attached hydrogens (tertiary/aromatic N) is 5. The second-order valence-corrected chi connectivity index (χ2v) is 6.44. The third-order valence-electron chi connectivity index (χ3n) is 4.62. The van der Waals surface area contributed by atoms with Crippen molar-refractivity contribution in [3.63, 3.8) is 0 Å². The number of pyridine rings is 1. The fourth-order valence-electron chi connectivity index (χ4n) is 3.15. The van der Waals surface area contributed by atoms with Crippen molar-refractivity contribution in [2.75, 3.05) is 13.1 Å². The van der Waals surface area contributed by atoms with Gasteiger partial charge in [0.1, 0.15) is 12.0 Å². The summed E-state index contributed by atoms with van der Waals surface area (Å²) in [5.41, 5.74) is 0.450. The van der Waals surface area contributed by atoms with Crippen LogP contribution in [0, 0.1) is 5.92 Å². The molecule has 0 bridgehead atoms. The molecule has 0 radical (unpaired) electrons. The maximum absolute atomic E-state index is 12.4. The lowest BCUT2D eigenvalue weighted by Gasteiger charge is -2.31. The van der Waals surface area contributed by atoms with Crippen molar-refractivity contribution in [1.29, 1.82) is 0 Å². The van der Waals surface area contributed by atoms with Crippen LogP contribution in [-0.2, 0) is 17.9 Å². The highest BCUT2D eigenvalue weighted by Crippen LogP contribution is 2.19. The maximum Gasteiger partial charge on any atom is 0.272 e. The minimum absolute atomic E-state index is 0.0148. The number of aryl methyl sites for hydroxylation is 1. The van der Waals surface area contributed by atoms with Crippen LogP contribution in [-0.4, -0.2) is 49.6 Å². The van der Waals surface area contributed by atoms with E-state index in [1.54, 1.807) is 35.6 Å². The Labute approximate surface area is 152 Å². The molecule has 138 valence electrons. The Balaban J connectivity index is 1.47. The lowest BCUT2D eigenvalue weighted by Crippen LogP contribution is -2.43. The summed E-state index contributed by atoms with van der Waals surface area (Å²) in [6.07, 6.45) is 5.61. The first-order valence-electron chi connectivity index (χ1n) is 9.03. The summed E-state index contributed by atoms with van der Waals surface area (Å²) in [6.45, 7) is 4.44. The van der Waals surface area contributed by atoms with Gasteiger partial charge in [0.2, 0.25) is 5.91 Å². The zero-order valence-corrected chi connectivity index (χ0v) is 15.0. The van der Waals surface area contributed by atoms with Crippen molar-refractivity contribution in [3.05, 3.63) is 42.2 Å². The van der Waals surface area contributed by atoms with Crippen LogP contribution in [0.4, 0.5) is 0 Å². The fourth-order valence-corrected chi connectivity index (χ4v) is 3.15. The first kappa shape index (κ1) is 18.0. The van der Waals surface area contributed by atoms with Gasteiger partial charge in [-0.3, -0.25) is 14.6 Å². The number of nitrogens with one attached hydrogen (secondary N) is 1. The van der Waals surface area contributed by atoms with Crippen LogP contribution in [0.1, 0.15) is 42.5 Å². The zero-order valence-electron chi connectivity index (χ0n) is 15.0. The molecule has 3 heterocycles. The molecule has 8 heteroatoms.